The maximum atomic E-state index is 5.50. The molecule has 0 aliphatic carbocycles. The second kappa shape index (κ2) is 5.95. The number of thioether (sulfide) groups is 1. The third-order valence-corrected chi connectivity index (χ3v) is 1.89. The van der Waals surface area contributed by atoms with Crippen LogP contribution >= 0.6 is 11.8 Å². The number of rotatable bonds is 1. The Morgan fingerprint density at radius 3 is 1.69 bits per heavy atom. The van der Waals surface area contributed by atoms with Crippen LogP contribution in [0.2, 0.25) is 0 Å². The fourth-order valence-corrected chi connectivity index (χ4v) is 1.08. The lowest BCUT2D eigenvalue weighted by Gasteiger charge is -1.93. The third-order valence-electron chi connectivity index (χ3n) is 1.28. The van der Waals surface area contributed by atoms with E-state index >= 15 is 0 Å². The maximum Gasteiger partial charge on any atom is 0.374 e. The second-order valence-electron chi connectivity index (χ2n) is 2.02. The molecule has 1 aromatic heterocycles. The van der Waals surface area contributed by atoms with Crippen molar-refractivity contribution in [2.75, 3.05) is 23.5 Å². The molecule has 1 aromatic rings. The Hall–Kier alpha value is -0.590. The molecule has 8 heteroatoms. The third kappa shape index (κ3) is 3.33. The summed E-state index contributed by atoms with van der Waals surface area (Å²) in [5, 5.41) is 0.786. The van der Waals surface area contributed by atoms with E-state index in [0.29, 0.717) is 17.3 Å². The molecule has 13 heavy (non-hydrogen) atoms. The van der Waals surface area contributed by atoms with Gasteiger partial charge in [-0.3, -0.25) is 5.73 Å². The van der Waals surface area contributed by atoms with Gasteiger partial charge in [0.15, 0.2) is 0 Å². The number of aromatic nitrogens is 2. The molecule has 0 bridgehead atoms. The highest BCUT2D eigenvalue weighted by Crippen LogP contribution is 2.13. The van der Waals surface area contributed by atoms with Gasteiger partial charge in [0.05, 0.1) is 0 Å². The van der Waals surface area contributed by atoms with Crippen LogP contribution < -0.4 is 52.0 Å². The van der Waals surface area contributed by atoms with E-state index in [1.165, 1.54) is 11.8 Å². The fourth-order valence-electron chi connectivity index (χ4n) is 0.658. The summed E-state index contributed by atoms with van der Waals surface area (Å²) in [4.78, 5) is 5.69. The van der Waals surface area contributed by atoms with E-state index in [1.54, 1.807) is 0 Å². The van der Waals surface area contributed by atoms with Crippen LogP contribution in [-0.2, 0) is 0 Å². The van der Waals surface area contributed by atoms with Crippen molar-refractivity contribution >= 4 is 29.1 Å². The van der Waals surface area contributed by atoms with Gasteiger partial charge in [0.25, 0.3) is 5.82 Å². The van der Waals surface area contributed by atoms with Gasteiger partial charge in [0.2, 0.25) is 5.69 Å². The van der Waals surface area contributed by atoms with E-state index in [0.717, 1.165) is 5.16 Å². The van der Waals surface area contributed by atoms with Crippen LogP contribution in [0, 0.1) is 0 Å². The molecule has 0 atom stereocenters. The first-order chi connectivity index (χ1) is 5.15. The molecule has 1 heterocycles. The molecule has 0 aliphatic heterocycles. The Balaban J connectivity index is 0. The van der Waals surface area contributed by atoms with Crippen molar-refractivity contribution in [2.24, 2.45) is 0 Å². The van der Waals surface area contributed by atoms with Gasteiger partial charge in [-0.15, -0.1) is 0 Å². The predicted molar refractivity (Wildman–Crippen MR) is 44.6 cm³/mol. The molecule has 0 saturated carbocycles. The molecular weight excluding hydrogens is 233 g/mol. The van der Waals surface area contributed by atoms with Gasteiger partial charge < -0.3 is 36.3 Å². The van der Waals surface area contributed by atoms with Crippen LogP contribution in [-0.4, -0.2) is 6.26 Å². The van der Waals surface area contributed by atoms with Crippen LogP contribution in [0.15, 0.2) is 5.16 Å². The minimum atomic E-state index is 0. The van der Waals surface area contributed by atoms with Crippen LogP contribution in [0.4, 0.5) is 17.3 Å². The van der Waals surface area contributed by atoms with E-state index in [9.17, 15) is 0 Å². The summed E-state index contributed by atoms with van der Waals surface area (Å²) < 4.78 is 0. The summed E-state index contributed by atoms with van der Waals surface area (Å²) in [7, 11) is 0. The molecule has 0 aliphatic rings. The maximum absolute atomic E-state index is 5.50. The van der Waals surface area contributed by atoms with Crippen LogP contribution in [0.1, 0.15) is 0 Å². The zero-order chi connectivity index (χ0) is 8.43. The Bertz CT molecular complexity index is 259. The predicted octanol–water partition coefficient (Wildman–Crippen LogP) is -7.21. The molecule has 8 N–H and O–H groups in total. The molecule has 0 fully saturated rings. The molecule has 0 amide bonds. The lowest BCUT2D eigenvalue weighted by atomic mass is 10.4. The second-order valence-corrected chi connectivity index (χ2v) is 2.84. The summed E-state index contributed by atoms with van der Waals surface area (Å²) in [6, 6.07) is 0. The highest BCUT2D eigenvalue weighted by Gasteiger charge is 2.15. The average Bonchev–Trinajstić information content (AvgIpc) is 1.99. The molecule has 0 unspecified atom stereocenters. The van der Waals surface area contributed by atoms with Gasteiger partial charge in [-0.05, 0) is 18.0 Å². The summed E-state index contributed by atoms with van der Waals surface area (Å²) in [6.07, 6.45) is 1.90. The van der Waals surface area contributed by atoms with E-state index < -0.39 is 0 Å². The number of nitrogens with one attached hydrogen (secondary N) is 2. The number of hydrogen-bond donors (Lipinski definition) is 3. The molecule has 76 valence electrons. The van der Waals surface area contributed by atoms with E-state index in [4.69, 9.17) is 17.2 Å². The summed E-state index contributed by atoms with van der Waals surface area (Å²) in [5.74, 6) is 0.788. The van der Waals surface area contributed by atoms with Crippen LogP contribution in [0.25, 0.3) is 0 Å². The first kappa shape index (κ1) is 14.9. The Labute approximate surface area is 92.7 Å². The number of anilines is 3. The van der Waals surface area contributed by atoms with Crippen LogP contribution in [0.5, 0.6) is 0 Å². The van der Waals surface area contributed by atoms with Gasteiger partial charge in [-0.1, -0.05) is 0 Å². The number of nitrogens with two attached hydrogens (primary N) is 3. The largest absolute Gasteiger partial charge is 1.00 e. The van der Waals surface area contributed by atoms with Gasteiger partial charge in [-0.25, -0.2) is 0 Å². The average molecular weight is 244 g/mol. The highest BCUT2D eigenvalue weighted by atomic mass is 35.5. The molecular formula is C5H11Cl2N5S. The van der Waals surface area contributed by atoms with Crippen molar-refractivity contribution in [1.82, 2.24) is 0 Å². The first-order valence-corrected chi connectivity index (χ1v) is 4.20. The van der Waals surface area contributed by atoms with Gasteiger partial charge in [-0.2, -0.15) is 9.97 Å². The number of nitrogen functional groups attached to an aromatic ring is 3. The van der Waals surface area contributed by atoms with Crippen molar-refractivity contribution in [3.63, 3.8) is 0 Å². The number of halogens is 2. The molecule has 0 saturated heterocycles. The smallest absolute Gasteiger partial charge is 0.374 e. The van der Waals surface area contributed by atoms with Crippen molar-refractivity contribution in [3.8, 4) is 0 Å². The van der Waals surface area contributed by atoms with Crippen molar-refractivity contribution in [1.29, 1.82) is 0 Å². The van der Waals surface area contributed by atoms with Gasteiger partial charge in [0.1, 0.15) is 0 Å². The number of hydrogen-bond acceptors (Lipinski definition) is 4. The topological polar surface area (TPSA) is 106 Å². The Kier molecular flexibility index (Phi) is 6.83. The van der Waals surface area contributed by atoms with E-state index in [-0.39, 0.29) is 24.8 Å². The number of H-pyrrole nitrogens is 2. The van der Waals surface area contributed by atoms with E-state index in [2.05, 4.69) is 9.97 Å². The first-order valence-electron chi connectivity index (χ1n) is 2.98. The normalized spacial score (nSPS) is 8.38. The van der Waals surface area contributed by atoms with Crippen molar-refractivity contribution < 1.29 is 34.8 Å². The summed E-state index contributed by atoms with van der Waals surface area (Å²) in [5.41, 5.74) is 16.9. The van der Waals surface area contributed by atoms with Crippen molar-refractivity contribution in [3.05, 3.63) is 0 Å². The minimum absolute atomic E-state index is 0. The SMILES string of the molecule is CSc1[nH+]c(N)c(N)c(N)[nH+]1.[Cl-].[Cl-]. The zero-order valence-electron chi connectivity index (χ0n) is 6.90. The summed E-state index contributed by atoms with van der Waals surface area (Å²) in [6.45, 7) is 0. The molecule has 0 radical (unpaired) electrons. The van der Waals surface area contributed by atoms with Crippen LogP contribution in [0.3, 0.4) is 0 Å². The monoisotopic (exact) mass is 243 g/mol. The van der Waals surface area contributed by atoms with Crippen molar-refractivity contribution in [2.45, 2.75) is 5.16 Å². The molecule has 0 aromatic carbocycles. The van der Waals surface area contributed by atoms with Gasteiger partial charge in [0, 0.05) is 0 Å². The quantitative estimate of drug-likeness (QED) is 0.337. The lowest BCUT2D eigenvalue weighted by Crippen LogP contribution is -3.00. The standard InChI is InChI=1S/C5H9N5S.2ClH/c1-11-5-9-3(7)2(6)4(8)10-5;;/h6H2,1H3,(H4,7,8,9,10);2*1H. The Morgan fingerprint density at radius 1 is 1.00 bits per heavy atom. The van der Waals surface area contributed by atoms with Gasteiger partial charge >= 0.3 is 11.0 Å². The Morgan fingerprint density at radius 2 is 1.38 bits per heavy atom. The summed E-state index contributed by atoms with van der Waals surface area (Å²) >= 11 is 1.48. The zero-order valence-corrected chi connectivity index (χ0v) is 9.22. The van der Waals surface area contributed by atoms with E-state index in [1.807, 2.05) is 6.26 Å². The minimum Gasteiger partial charge on any atom is -1.00 e. The number of aromatic amines is 2. The fraction of sp³-hybridized carbons (Fsp3) is 0.200. The molecule has 0 spiro atoms. The lowest BCUT2D eigenvalue weighted by molar-refractivity contribution is -0.588. The molecule has 1 rings (SSSR count). The molecule has 5 nitrogen and oxygen atoms in total. The highest BCUT2D eigenvalue weighted by molar-refractivity contribution is 7.98.